The third-order valence-corrected chi connectivity index (χ3v) is 2.37. The maximum atomic E-state index is 11.5. The van der Waals surface area contributed by atoms with Crippen molar-refractivity contribution in [1.82, 2.24) is 10.3 Å². The summed E-state index contributed by atoms with van der Waals surface area (Å²) in [5.74, 6) is -0.389. The van der Waals surface area contributed by atoms with E-state index in [9.17, 15) is 4.79 Å². The van der Waals surface area contributed by atoms with E-state index in [1.54, 1.807) is 13.0 Å². The first-order valence-corrected chi connectivity index (χ1v) is 4.79. The standard InChI is InChI=1S/C9H7Cl2N3O/c1-5-6(9(15)13-3-2-12)4-7(10)8(11)14-5/h4H,3H2,1H3,(H,13,15). The van der Waals surface area contributed by atoms with E-state index in [4.69, 9.17) is 28.5 Å². The van der Waals surface area contributed by atoms with Gasteiger partial charge in [0.25, 0.3) is 5.91 Å². The number of halogens is 2. The lowest BCUT2D eigenvalue weighted by atomic mass is 10.2. The van der Waals surface area contributed by atoms with Crippen molar-refractivity contribution >= 4 is 29.1 Å². The molecule has 1 heterocycles. The predicted molar refractivity (Wildman–Crippen MR) is 56.9 cm³/mol. The van der Waals surface area contributed by atoms with Gasteiger partial charge in [0.05, 0.1) is 22.3 Å². The molecular weight excluding hydrogens is 237 g/mol. The number of carbonyl (C=O) groups is 1. The van der Waals surface area contributed by atoms with Crippen molar-refractivity contribution in [2.24, 2.45) is 0 Å². The zero-order valence-electron chi connectivity index (χ0n) is 7.84. The van der Waals surface area contributed by atoms with Gasteiger partial charge in [-0.2, -0.15) is 5.26 Å². The molecule has 1 rings (SSSR count). The van der Waals surface area contributed by atoms with Gasteiger partial charge in [-0.1, -0.05) is 23.2 Å². The lowest BCUT2D eigenvalue weighted by Crippen LogP contribution is -2.24. The molecule has 0 aliphatic rings. The van der Waals surface area contributed by atoms with Gasteiger partial charge >= 0.3 is 0 Å². The number of aryl methyl sites for hydroxylation is 1. The normalized spacial score (nSPS) is 9.47. The quantitative estimate of drug-likeness (QED) is 0.638. The number of carbonyl (C=O) groups excluding carboxylic acids is 1. The van der Waals surface area contributed by atoms with Crippen LogP contribution in [0.15, 0.2) is 6.07 Å². The highest BCUT2D eigenvalue weighted by Gasteiger charge is 2.12. The average Bonchev–Trinajstić information content (AvgIpc) is 2.20. The van der Waals surface area contributed by atoms with Crippen molar-refractivity contribution in [2.75, 3.05) is 6.54 Å². The first-order chi connectivity index (χ1) is 7.06. The summed E-state index contributed by atoms with van der Waals surface area (Å²) in [4.78, 5) is 15.4. The van der Waals surface area contributed by atoms with Gasteiger partial charge in [0.2, 0.25) is 0 Å². The summed E-state index contributed by atoms with van der Waals surface area (Å²) in [5, 5.41) is 11.1. The first kappa shape index (κ1) is 11.8. The van der Waals surface area contributed by atoms with Crippen LogP contribution in [0.25, 0.3) is 0 Å². The van der Waals surface area contributed by atoms with E-state index in [0.29, 0.717) is 11.3 Å². The lowest BCUT2D eigenvalue weighted by molar-refractivity contribution is 0.0957. The number of nitriles is 1. The summed E-state index contributed by atoms with van der Waals surface area (Å²) < 4.78 is 0. The molecule has 0 unspecified atom stereocenters. The molecule has 78 valence electrons. The maximum Gasteiger partial charge on any atom is 0.253 e. The molecule has 1 N–H and O–H groups in total. The molecule has 0 bridgehead atoms. The third-order valence-electron chi connectivity index (χ3n) is 1.70. The molecule has 0 atom stereocenters. The molecule has 0 spiro atoms. The summed E-state index contributed by atoms with van der Waals surface area (Å²) in [5.41, 5.74) is 0.791. The fourth-order valence-corrected chi connectivity index (χ4v) is 1.33. The Morgan fingerprint density at radius 2 is 2.33 bits per heavy atom. The monoisotopic (exact) mass is 243 g/mol. The van der Waals surface area contributed by atoms with Crippen LogP contribution in [0.5, 0.6) is 0 Å². The molecule has 0 saturated heterocycles. The number of hydrogen-bond donors (Lipinski definition) is 1. The second kappa shape index (κ2) is 4.96. The minimum atomic E-state index is -0.389. The predicted octanol–water partition coefficient (Wildman–Crippen LogP) is 1.95. The molecule has 1 aromatic rings. The Morgan fingerprint density at radius 1 is 1.67 bits per heavy atom. The van der Waals surface area contributed by atoms with Crippen LogP contribution in [0, 0.1) is 18.3 Å². The van der Waals surface area contributed by atoms with Crippen molar-refractivity contribution in [1.29, 1.82) is 5.26 Å². The molecule has 0 aliphatic heterocycles. The average molecular weight is 244 g/mol. The largest absolute Gasteiger partial charge is 0.339 e. The topological polar surface area (TPSA) is 65.8 Å². The number of aromatic nitrogens is 1. The molecule has 4 nitrogen and oxygen atoms in total. The second-order valence-corrected chi connectivity index (χ2v) is 3.50. The van der Waals surface area contributed by atoms with Crippen molar-refractivity contribution in [3.05, 3.63) is 27.5 Å². The summed E-state index contributed by atoms with van der Waals surface area (Å²) in [6, 6.07) is 3.23. The Kier molecular flexibility index (Phi) is 3.89. The summed E-state index contributed by atoms with van der Waals surface area (Å²) >= 11 is 11.4. The van der Waals surface area contributed by atoms with Crippen LogP contribution in [0.3, 0.4) is 0 Å². The van der Waals surface area contributed by atoms with Crippen molar-refractivity contribution < 1.29 is 4.79 Å². The molecule has 0 saturated carbocycles. The third kappa shape index (κ3) is 2.82. The van der Waals surface area contributed by atoms with Gasteiger partial charge in [0.15, 0.2) is 0 Å². The van der Waals surface area contributed by atoms with Crippen molar-refractivity contribution in [3.63, 3.8) is 0 Å². The Labute approximate surface area is 96.8 Å². The second-order valence-electron chi connectivity index (χ2n) is 2.73. The van der Waals surface area contributed by atoms with Gasteiger partial charge in [-0.15, -0.1) is 0 Å². The maximum absolute atomic E-state index is 11.5. The molecule has 6 heteroatoms. The molecule has 0 aromatic carbocycles. The van der Waals surface area contributed by atoms with Gasteiger partial charge in [0.1, 0.15) is 11.7 Å². The van der Waals surface area contributed by atoms with Crippen LogP contribution in [0.2, 0.25) is 10.2 Å². The van der Waals surface area contributed by atoms with E-state index in [0.717, 1.165) is 0 Å². The SMILES string of the molecule is Cc1nc(Cl)c(Cl)cc1C(=O)NCC#N. The molecule has 0 radical (unpaired) electrons. The smallest absolute Gasteiger partial charge is 0.253 e. The number of rotatable bonds is 2. The Balaban J connectivity index is 3.00. The highest BCUT2D eigenvalue weighted by atomic mass is 35.5. The Hall–Kier alpha value is -1.31. The number of pyridine rings is 1. The Bertz CT molecular complexity index is 440. The van der Waals surface area contributed by atoms with Crippen LogP contribution in [0.1, 0.15) is 16.1 Å². The summed E-state index contributed by atoms with van der Waals surface area (Å²) in [6.45, 7) is 1.59. The fraction of sp³-hybridized carbons (Fsp3) is 0.222. The molecule has 1 aromatic heterocycles. The number of nitrogens with one attached hydrogen (secondary N) is 1. The lowest BCUT2D eigenvalue weighted by Gasteiger charge is -2.05. The number of amides is 1. The van der Waals surface area contributed by atoms with Crippen LogP contribution in [-0.2, 0) is 0 Å². The van der Waals surface area contributed by atoms with Crippen LogP contribution < -0.4 is 5.32 Å². The highest BCUT2D eigenvalue weighted by molar-refractivity contribution is 6.41. The van der Waals surface area contributed by atoms with Crippen LogP contribution in [-0.4, -0.2) is 17.4 Å². The Morgan fingerprint density at radius 3 is 2.93 bits per heavy atom. The van der Waals surface area contributed by atoms with Gasteiger partial charge in [-0.25, -0.2) is 4.98 Å². The number of nitrogens with zero attached hydrogens (tertiary/aromatic N) is 2. The minimum absolute atomic E-state index is 0.0570. The molecule has 0 fully saturated rings. The molecule has 15 heavy (non-hydrogen) atoms. The van der Waals surface area contributed by atoms with Gasteiger partial charge in [-0.05, 0) is 13.0 Å². The van der Waals surface area contributed by atoms with E-state index in [-0.39, 0.29) is 22.6 Å². The van der Waals surface area contributed by atoms with Crippen LogP contribution in [0.4, 0.5) is 0 Å². The zero-order valence-corrected chi connectivity index (χ0v) is 9.35. The first-order valence-electron chi connectivity index (χ1n) is 4.04. The van der Waals surface area contributed by atoms with E-state index in [1.165, 1.54) is 6.07 Å². The van der Waals surface area contributed by atoms with Crippen molar-refractivity contribution in [2.45, 2.75) is 6.92 Å². The highest BCUT2D eigenvalue weighted by Crippen LogP contribution is 2.22. The van der Waals surface area contributed by atoms with Gasteiger partial charge in [0, 0.05) is 0 Å². The summed E-state index contributed by atoms with van der Waals surface area (Å²) in [7, 11) is 0. The van der Waals surface area contributed by atoms with Gasteiger partial charge in [-0.3, -0.25) is 4.79 Å². The van der Waals surface area contributed by atoms with Crippen LogP contribution >= 0.6 is 23.2 Å². The molecule has 1 amide bonds. The molecule has 0 aliphatic carbocycles. The summed E-state index contributed by atoms with van der Waals surface area (Å²) in [6.07, 6.45) is 0. The van der Waals surface area contributed by atoms with E-state index in [2.05, 4.69) is 10.3 Å². The van der Waals surface area contributed by atoms with E-state index < -0.39 is 0 Å². The van der Waals surface area contributed by atoms with E-state index >= 15 is 0 Å². The minimum Gasteiger partial charge on any atom is -0.339 e. The number of hydrogen-bond acceptors (Lipinski definition) is 3. The zero-order chi connectivity index (χ0) is 11.4. The van der Waals surface area contributed by atoms with Crippen molar-refractivity contribution in [3.8, 4) is 6.07 Å². The van der Waals surface area contributed by atoms with E-state index in [1.807, 2.05) is 0 Å². The van der Waals surface area contributed by atoms with Gasteiger partial charge < -0.3 is 5.32 Å². The molecular formula is C9H7Cl2N3O. The fourth-order valence-electron chi connectivity index (χ4n) is 0.996.